The highest BCUT2D eigenvalue weighted by Crippen LogP contribution is 2.38. The van der Waals surface area contributed by atoms with Crippen LogP contribution >= 0.6 is 11.8 Å². The molecule has 30 heavy (non-hydrogen) atoms. The second-order valence-electron chi connectivity index (χ2n) is 6.47. The molecule has 2 atom stereocenters. The first-order valence-corrected chi connectivity index (χ1v) is 9.69. The highest BCUT2D eigenvalue weighted by molar-refractivity contribution is 7.99. The van der Waals surface area contributed by atoms with Crippen LogP contribution in [0, 0.1) is 11.6 Å². The Morgan fingerprint density at radius 2 is 1.87 bits per heavy atom. The average Bonchev–Trinajstić information content (AvgIpc) is 3.42. The predicted octanol–water partition coefficient (Wildman–Crippen LogP) is 2.00. The Balaban J connectivity index is 1.63. The third-order valence-electron chi connectivity index (χ3n) is 4.52. The van der Waals surface area contributed by atoms with Crippen molar-refractivity contribution in [2.24, 2.45) is 0 Å². The van der Waals surface area contributed by atoms with Gasteiger partial charge in [-0.25, -0.2) is 28.1 Å². The topological polar surface area (TPSA) is 107 Å². The van der Waals surface area contributed by atoms with Gasteiger partial charge in [-0.2, -0.15) is 10.2 Å². The number of aromatic nitrogens is 8. The second kappa shape index (κ2) is 8.24. The van der Waals surface area contributed by atoms with Crippen molar-refractivity contribution in [1.82, 2.24) is 39.7 Å². The van der Waals surface area contributed by atoms with E-state index in [0.29, 0.717) is 10.8 Å². The maximum atomic E-state index is 14.6. The molecule has 0 unspecified atom stereocenters. The van der Waals surface area contributed by atoms with Crippen LogP contribution in [0.1, 0.15) is 12.5 Å². The molecule has 0 aliphatic heterocycles. The lowest BCUT2D eigenvalue weighted by Gasteiger charge is -2.34. The maximum absolute atomic E-state index is 14.6. The highest BCUT2D eigenvalue weighted by Gasteiger charge is 2.40. The van der Waals surface area contributed by atoms with E-state index in [1.807, 2.05) is 0 Å². The van der Waals surface area contributed by atoms with Gasteiger partial charge in [-0.1, -0.05) is 17.8 Å². The number of halogens is 2. The summed E-state index contributed by atoms with van der Waals surface area (Å²) in [5, 5.41) is 27.6. The molecule has 0 amide bonds. The lowest BCUT2D eigenvalue weighted by Crippen LogP contribution is -2.41. The Hall–Kier alpha value is -3.25. The van der Waals surface area contributed by atoms with E-state index in [1.54, 1.807) is 19.1 Å². The van der Waals surface area contributed by atoms with E-state index in [2.05, 4.69) is 30.4 Å². The normalized spacial score (nSPS) is 14.4. The van der Waals surface area contributed by atoms with Crippen LogP contribution in [0.3, 0.4) is 0 Å². The van der Waals surface area contributed by atoms with Gasteiger partial charge >= 0.3 is 0 Å². The van der Waals surface area contributed by atoms with Crippen molar-refractivity contribution in [2.75, 3.05) is 0 Å². The minimum Gasteiger partial charge on any atom is -0.382 e. The summed E-state index contributed by atoms with van der Waals surface area (Å²) in [7, 11) is 0. The largest absolute Gasteiger partial charge is 0.382 e. The van der Waals surface area contributed by atoms with Crippen molar-refractivity contribution in [3.8, 4) is 5.82 Å². The van der Waals surface area contributed by atoms with E-state index in [4.69, 9.17) is 0 Å². The molecule has 0 radical (unpaired) electrons. The Labute approximate surface area is 173 Å². The first-order valence-electron chi connectivity index (χ1n) is 8.81. The lowest BCUT2D eigenvalue weighted by atomic mass is 9.90. The molecule has 0 aliphatic rings. The average molecular weight is 430 g/mol. The smallest absolute Gasteiger partial charge is 0.177 e. The van der Waals surface area contributed by atoms with Gasteiger partial charge in [0.25, 0.3) is 0 Å². The summed E-state index contributed by atoms with van der Waals surface area (Å²) in [6, 6.07) is 6.49. The van der Waals surface area contributed by atoms with E-state index in [1.165, 1.54) is 52.5 Å². The minimum absolute atomic E-state index is 0.0494. The van der Waals surface area contributed by atoms with Gasteiger partial charge in [-0.3, -0.25) is 0 Å². The lowest BCUT2D eigenvalue weighted by molar-refractivity contribution is 0.0133. The van der Waals surface area contributed by atoms with Crippen LogP contribution in [0.4, 0.5) is 8.78 Å². The van der Waals surface area contributed by atoms with Crippen LogP contribution in [0.2, 0.25) is 0 Å². The fraction of sp³-hybridized carbons (Fsp3) is 0.222. The van der Waals surface area contributed by atoms with Crippen LogP contribution in [-0.2, 0) is 12.1 Å². The molecule has 0 fully saturated rings. The summed E-state index contributed by atoms with van der Waals surface area (Å²) in [5.74, 6) is -1.10. The summed E-state index contributed by atoms with van der Waals surface area (Å²) in [5.41, 5.74) is -1.78. The number of hydrogen-bond acceptors (Lipinski definition) is 8. The van der Waals surface area contributed by atoms with E-state index in [-0.39, 0.29) is 12.1 Å². The first-order chi connectivity index (χ1) is 14.5. The molecule has 0 spiro atoms. The molecule has 1 aromatic carbocycles. The zero-order chi connectivity index (χ0) is 21.1. The first kappa shape index (κ1) is 20.0. The molecule has 0 saturated heterocycles. The SMILES string of the molecule is C[C@@H](Sc1ccc(-n2cncn2)nn1)[C@](O)(Cn1cncn1)c1ccc(F)cc1F. The fourth-order valence-corrected chi connectivity index (χ4v) is 3.93. The van der Waals surface area contributed by atoms with E-state index in [9.17, 15) is 13.9 Å². The summed E-state index contributed by atoms with van der Waals surface area (Å²) in [6.07, 6.45) is 5.60. The van der Waals surface area contributed by atoms with Gasteiger partial charge in [-0.05, 0) is 25.1 Å². The van der Waals surface area contributed by atoms with E-state index >= 15 is 0 Å². The number of hydrogen-bond donors (Lipinski definition) is 1. The van der Waals surface area contributed by atoms with Crippen LogP contribution in [0.15, 0.2) is 60.7 Å². The minimum atomic E-state index is -1.73. The van der Waals surface area contributed by atoms with Gasteiger partial charge in [-0.15, -0.1) is 10.2 Å². The van der Waals surface area contributed by atoms with E-state index in [0.717, 1.165) is 12.1 Å². The number of aliphatic hydroxyl groups is 1. The number of rotatable bonds is 7. The molecule has 3 heterocycles. The zero-order valence-electron chi connectivity index (χ0n) is 15.7. The van der Waals surface area contributed by atoms with Crippen molar-refractivity contribution in [1.29, 1.82) is 0 Å². The summed E-state index contributed by atoms with van der Waals surface area (Å²) in [4.78, 5) is 7.71. The van der Waals surface area contributed by atoms with E-state index < -0.39 is 22.5 Å². The monoisotopic (exact) mass is 430 g/mol. The summed E-state index contributed by atoms with van der Waals surface area (Å²) < 4.78 is 30.9. The zero-order valence-corrected chi connectivity index (χ0v) is 16.5. The molecular formula is C18H16F2N8OS. The van der Waals surface area contributed by atoms with Crippen LogP contribution < -0.4 is 0 Å². The molecule has 12 heteroatoms. The molecular weight excluding hydrogens is 414 g/mol. The molecule has 1 N–H and O–H groups in total. The number of benzene rings is 1. The molecule has 0 aliphatic carbocycles. The quantitative estimate of drug-likeness (QED) is 0.444. The predicted molar refractivity (Wildman–Crippen MR) is 103 cm³/mol. The standard InChI is InChI=1S/C18H16F2N8OS/c1-12(30-17-5-4-16(25-26-17)28-11-22-9-24-28)18(29,7-27-10-21-8-23-27)14-3-2-13(19)6-15(14)20/h2-6,8-12,29H,7H2,1H3/t12-,18-/m1/s1. The van der Waals surface area contributed by atoms with Crippen LogP contribution in [-0.4, -0.2) is 50.1 Å². The van der Waals surface area contributed by atoms with Gasteiger partial charge in [0.2, 0.25) is 0 Å². The molecule has 9 nitrogen and oxygen atoms in total. The summed E-state index contributed by atoms with van der Waals surface area (Å²) >= 11 is 1.20. The van der Waals surface area contributed by atoms with Crippen molar-refractivity contribution in [3.63, 3.8) is 0 Å². The van der Waals surface area contributed by atoms with Crippen molar-refractivity contribution >= 4 is 11.8 Å². The molecule has 4 aromatic rings. The maximum Gasteiger partial charge on any atom is 0.177 e. The van der Waals surface area contributed by atoms with Gasteiger partial charge < -0.3 is 5.11 Å². The third-order valence-corrected chi connectivity index (χ3v) is 5.72. The summed E-state index contributed by atoms with van der Waals surface area (Å²) in [6.45, 7) is 1.63. The molecule has 4 rings (SSSR count). The third kappa shape index (κ3) is 4.04. The van der Waals surface area contributed by atoms with Gasteiger partial charge in [0.1, 0.15) is 47.6 Å². The van der Waals surface area contributed by atoms with Crippen molar-refractivity contribution in [3.05, 3.63) is 72.8 Å². The molecule has 0 saturated carbocycles. The molecule has 154 valence electrons. The van der Waals surface area contributed by atoms with Gasteiger partial charge in [0, 0.05) is 16.9 Å². The number of nitrogens with zero attached hydrogens (tertiary/aromatic N) is 8. The van der Waals surface area contributed by atoms with Gasteiger partial charge in [0.05, 0.1) is 6.54 Å². The van der Waals surface area contributed by atoms with Crippen LogP contribution in [0.5, 0.6) is 0 Å². The Morgan fingerprint density at radius 1 is 1.07 bits per heavy atom. The van der Waals surface area contributed by atoms with Crippen molar-refractivity contribution in [2.45, 2.75) is 29.3 Å². The molecule has 0 bridgehead atoms. The van der Waals surface area contributed by atoms with Gasteiger partial charge in [0.15, 0.2) is 5.82 Å². The molecule has 3 aromatic heterocycles. The Morgan fingerprint density at radius 3 is 2.50 bits per heavy atom. The fourth-order valence-electron chi connectivity index (χ4n) is 2.94. The second-order valence-corrected chi connectivity index (χ2v) is 7.83. The highest BCUT2D eigenvalue weighted by atomic mass is 32.2. The van der Waals surface area contributed by atoms with Crippen molar-refractivity contribution < 1.29 is 13.9 Å². The Kier molecular flexibility index (Phi) is 5.50. The van der Waals surface area contributed by atoms with Crippen LogP contribution in [0.25, 0.3) is 5.82 Å². The number of thioether (sulfide) groups is 1. The Bertz CT molecular complexity index is 1110.